The first-order valence-corrected chi connectivity index (χ1v) is 9.16. The molecule has 1 saturated heterocycles. The summed E-state index contributed by atoms with van der Waals surface area (Å²) in [5, 5.41) is 12.2. The van der Waals surface area contributed by atoms with Gasteiger partial charge in [-0.2, -0.15) is 0 Å². The predicted octanol–water partition coefficient (Wildman–Crippen LogP) is 1.43. The molecule has 0 bridgehead atoms. The van der Waals surface area contributed by atoms with Crippen molar-refractivity contribution in [2.75, 3.05) is 45.3 Å². The minimum absolute atomic E-state index is 0.0288. The van der Waals surface area contributed by atoms with Crippen LogP contribution in [0.1, 0.15) is 25.7 Å². The third-order valence-corrected chi connectivity index (χ3v) is 4.63. The van der Waals surface area contributed by atoms with E-state index in [-0.39, 0.29) is 42.3 Å². The second-order valence-corrected chi connectivity index (χ2v) is 7.66. The number of amides is 1. The van der Waals surface area contributed by atoms with E-state index in [1.165, 1.54) is 12.0 Å². The van der Waals surface area contributed by atoms with Crippen molar-refractivity contribution in [3.63, 3.8) is 0 Å². The first-order chi connectivity index (χ1) is 13.3. The van der Waals surface area contributed by atoms with Gasteiger partial charge in [-0.15, -0.1) is 0 Å². The number of aliphatic hydroxyl groups is 1. The molecule has 28 heavy (non-hydrogen) atoms. The number of rotatable bonds is 6. The average Bonchev–Trinajstić information content (AvgIpc) is 2.98. The third-order valence-electron chi connectivity index (χ3n) is 4.63. The fraction of sp³-hybridized carbons (Fsp3) is 0.500. The molecule has 3 rings (SSSR count). The van der Waals surface area contributed by atoms with Crippen LogP contribution in [0.15, 0.2) is 35.5 Å². The molecule has 0 aromatic heterocycles. The summed E-state index contributed by atoms with van der Waals surface area (Å²) in [5.41, 5.74) is 1.81. The number of nitrogens with zero attached hydrogens (tertiary/aromatic N) is 1. The van der Waals surface area contributed by atoms with Gasteiger partial charge in [-0.05, 0) is 12.1 Å². The van der Waals surface area contributed by atoms with Crippen molar-refractivity contribution in [2.45, 2.75) is 20.1 Å². The van der Waals surface area contributed by atoms with Crippen molar-refractivity contribution in [2.24, 2.45) is 5.41 Å². The Labute approximate surface area is 164 Å². The first kappa shape index (κ1) is 20.3. The molecule has 152 valence electrons. The topological polar surface area (TPSA) is 97.3 Å². The van der Waals surface area contributed by atoms with Crippen LogP contribution in [-0.4, -0.2) is 61.9 Å². The van der Waals surface area contributed by atoms with Gasteiger partial charge >= 0.3 is 5.97 Å². The summed E-state index contributed by atoms with van der Waals surface area (Å²) in [6.07, 6.45) is -0.478. The van der Waals surface area contributed by atoms with Crippen LogP contribution in [0.3, 0.4) is 0 Å². The molecule has 1 aromatic rings. The highest BCUT2D eigenvalue weighted by Gasteiger charge is 2.34. The zero-order chi connectivity index (χ0) is 20.3. The summed E-state index contributed by atoms with van der Waals surface area (Å²) < 4.78 is 16.4. The molecule has 8 heteroatoms. The van der Waals surface area contributed by atoms with Gasteiger partial charge in [0.1, 0.15) is 5.70 Å². The molecule has 0 radical (unpaired) electrons. The molecule has 0 atom stereocenters. The van der Waals surface area contributed by atoms with E-state index < -0.39 is 12.3 Å². The molecule has 2 aliphatic heterocycles. The fourth-order valence-electron chi connectivity index (χ4n) is 3.14. The van der Waals surface area contributed by atoms with Crippen molar-refractivity contribution in [3.8, 4) is 0 Å². The van der Waals surface area contributed by atoms with Crippen LogP contribution in [0.4, 0.5) is 5.69 Å². The van der Waals surface area contributed by atoms with Gasteiger partial charge < -0.3 is 29.5 Å². The molecular formula is C20H26N2O6. The van der Waals surface area contributed by atoms with Crippen molar-refractivity contribution < 1.29 is 28.9 Å². The van der Waals surface area contributed by atoms with Gasteiger partial charge in [-0.1, -0.05) is 26.0 Å². The highest BCUT2D eigenvalue weighted by Crippen LogP contribution is 2.32. The molecule has 0 aliphatic carbocycles. The molecular weight excluding hydrogens is 364 g/mol. The fourth-order valence-corrected chi connectivity index (χ4v) is 3.14. The van der Waals surface area contributed by atoms with Gasteiger partial charge in [0, 0.05) is 23.2 Å². The molecule has 0 saturated carbocycles. The van der Waals surface area contributed by atoms with E-state index in [0.717, 1.165) is 5.56 Å². The monoisotopic (exact) mass is 390 g/mol. The van der Waals surface area contributed by atoms with Crippen molar-refractivity contribution in [1.82, 2.24) is 4.90 Å². The van der Waals surface area contributed by atoms with Crippen molar-refractivity contribution in [3.05, 3.63) is 41.1 Å². The molecule has 2 aliphatic rings. The lowest BCUT2D eigenvalue weighted by Crippen LogP contribution is -2.33. The Morgan fingerprint density at radius 2 is 2.07 bits per heavy atom. The van der Waals surface area contributed by atoms with Crippen LogP contribution in [0.5, 0.6) is 0 Å². The summed E-state index contributed by atoms with van der Waals surface area (Å²) in [4.78, 5) is 26.1. The summed E-state index contributed by atoms with van der Waals surface area (Å²) >= 11 is 0. The lowest BCUT2D eigenvalue weighted by molar-refractivity contribution is -0.226. The normalized spacial score (nSPS) is 19.9. The Hall–Kier alpha value is -2.42. The largest absolute Gasteiger partial charge is 0.466 e. The Morgan fingerprint density at radius 1 is 1.36 bits per heavy atom. The molecule has 2 heterocycles. The van der Waals surface area contributed by atoms with Crippen LogP contribution >= 0.6 is 0 Å². The van der Waals surface area contributed by atoms with E-state index in [0.29, 0.717) is 18.9 Å². The third kappa shape index (κ3) is 4.35. The zero-order valence-electron chi connectivity index (χ0n) is 16.4. The van der Waals surface area contributed by atoms with E-state index >= 15 is 0 Å². The number of nitrogens with one attached hydrogen (secondary N) is 1. The molecule has 1 amide bonds. The van der Waals surface area contributed by atoms with E-state index in [1.54, 1.807) is 6.07 Å². The van der Waals surface area contributed by atoms with E-state index in [4.69, 9.17) is 19.3 Å². The lowest BCUT2D eigenvalue weighted by Gasteiger charge is -2.34. The number of benzene rings is 1. The molecule has 8 nitrogen and oxygen atoms in total. The maximum Gasteiger partial charge on any atom is 0.337 e. The number of hydrogen-bond acceptors (Lipinski definition) is 7. The summed E-state index contributed by atoms with van der Waals surface area (Å²) in [6.45, 7) is 5.37. The minimum atomic E-state index is -0.575. The van der Waals surface area contributed by atoms with E-state index in [1.807, 2.05) is 18.2 Å². The van der Waals surface area contributed by atoms with Crippen LogP contribution in [0.2, 0.25) is 0 Å². The van der Waals surface area contributed by atoms with Gasteiger partial charge in [-0.25, -0.2) is 4.79 Å². The van der Waals surface area contributed by atoms with Gasteiger partial charge in [0.05, 0.1) is 39.0 Å². The second kappa shape index (κ2) is 8.30. The standard InChI is InChI=1S/C20H26N2O6/c1-20(2)11-27-19(28-12-20)13-5-4-6-14(9-13)21-16-15(18(25)26-3)10-22(7-8-23)17(16)24/h4-6,9,19,21,23H,7-8,10-12H2,1-3H3. The van der Waals surface area contributed by atoms with Crippen molar-refractivity contribution >= 4 is 17.6 Å². The maximum atomic E-state index is 12.6. The number of methoxy groups -OCH3 is 1. The number of hydrogen-bond donors (Lipinski definition) is 2. The number of aliphatic hydroxyl groups excluding tert-OH is 1. The number of ether oxygens (including phenoxy) is 3. The summed E-state index contributed by atoms with van der Waals surface area (Å²) in [7, 11) is 1.27. The summed E-state index contributed by atoms with van der Waals surface area (Å²) in [6, 6.07) is 7.33. The zero-order valence-corrected chi connectivity index (χ0v) is 16.4. The average molecular weight is 390 g/mol. The lowest BCUT2D eigenvalue weighted by atomic mass is 9.95. The van der Waals surface area contributed by atoms with E-state index in [2.05, 4.69) is 19.2 Å². The summed E-state index contributed by atoms with van der Waals surface area (Å²) in [5.74, 6) is -0.930. The molecule has 0 spiro atoms. The number of anilines is 1. The number of carbonyl (C=O) groups excluding carboxylic acids is 2. The molecule has 1 fully saturated rings. The van der Waals surface area contributed by atoms with Crippen LogP contribution < -0.4 is 5.32 Å². The first-order valence-electron chi connectivity index (χ1n) is 9.16. The Balaban J connectivity index is 1.80. The molecule has 1 aromatic carbocycles. The van der Waals surface area contributed by atoms with E-state index in [9.17, 15) is 9.59 Å². The van der Waals surface area contributed by atoms with Crippen LogP contribution in [-0.2, 0) is 23.8 Å². The highest BCUT2D eigenvalue weighted by molar-refractivity contribution is 6.08. The maximum absolute atomic E-state index is 12.6. The number of esters is 1. The molecule has 2 N–H and O–H groups in total. The SMILES string of the molecule is COC(=O)C1=C(Nc2cccc(C3OCC(C)(C)CO3)c2)C(=O)N(CCO)C1. The Kier molecular flexibility index (Phi) is 6.02. The number of β-amino-alcohol motifs (C(OH)–C–C–N with tert-alkyl or cyclic N) is 1. The van der Waals surface area contributed by atoms with Crippen molar-refractivity contribution in [1.29, 1.82) is 0 Å². The van der Waals surface area contributed by atoms with Gasteiger partial charge in [0.2, 0.25) is 0 Å². The van der Waals surface area contributed by atoms with Gasteiger partial charge in [0.15, 0.2) is 6.29 Å². The Morgan fingerprint density at radius 3 is 2.71 bits per heavy atom. The predicted molar refractivity (Wildman–Crippen MR) is 101 cm³/mol. The van der Waals surface area contributed by atoms with Gasteiger partial charge in [0.25, 0.3) is 5.91 Å². The minimum Gasteiger partial charge on any atom is -0.466 e. The highest BCUT2D eigenvalue weighted by atomic mass is 16.7. The molecule has 0 unspecified atom stereocenters. The Bertz CT molecular complexity index is 779. The van der Waals surface area contributed by atoms with Crippen LogP contribution in [0, 0.1) is 5.41 Å². The smallest absolute Gasteiger partial charge is 0.337 e. The van der Waals surface area contributed by atoms with Crippen LogP contribution in [0.25, 0.3) is 0 Å². The van der Waals surface area contributed by atoms with Gasteiger partial charge in [-0.3, -0.25) is 4.79 Å². The number of carbonyl (C=O) groups is 2. The quantitative estimate of drug-likeness (QED) is 0.709. The second-order valence-electron chi connectivity index (χ2n) is 7.66.